The first-order valence-corrected chi connectivity index (χ1v) is 7.44. The van der Waals surface area contributed by atoms with E-state index < -0.39 is 18.6 Å². The summed E-state index contributed by atoms with van der Waals surface area (Å²) in [6.07, 6.45) is -4.14. The Hall–Kier alpha value is -0.270. The molecule has 1 saturated heterocycles. The van der Waals surface area contributed by atoms with Crippen molar-refractivity contribution in [3.8, 4) is 0 Å². The minimum Gasteiger partial charge on any atom is -0.314 e. The highest BCUT2D eigenvalue weighted by atomic mass is 35.5. The van der Waals surface area contributed by atoms with Gasteiger partial charge in [0.2, 0.25) is 0 Å². The molecule has 2 rings (SSSR count). The van der Waals surface area contributed by atoms with Gasteiger partial charge < -0.3 is 5.32 Å². The Morgan fingerprint density at radius 1 is 1.24 bits per heavy atom. The normalized spacial score (nSPS) is 18.8. The Balaban J connectivity index is 2.41. The van der Waals surface area contributed by atoms with Crippen LogP contribution in [0.3, 0.4) is 0 Å². The highest BCUT2D eigenvalue weighted by Gasteiger charge is 2.38. The fourth-order valence-corrected chi connectivity index (χ4v) is 3.13. The van der Waals surface area contributed by atoms with Gasteiger partial charge in [-0.05, 0) is 0 Å². The molecule has 1 aromatic heterocycles. The summed E-state index contributed by atoms with van der Waals surface area (Å²) in [6.45, 7) is 2.19. The van der Waals surface area contributed by atoms with E-state index in [2.05, 4.69) is 10.3 Å². The number of hydrogen-bond acceptors (Lipinski definition) is 3. The van der Waals surface area contributed by atoms with Gasteiger partial charge in [0.1, 0.15) is 5.15 Å². The van der Waals surface area contributed by atoms with E-state index in [1.54, 1.807) is 4.90 Å². The van der Waals surface area contributed by atoms with Gasteiger partial charge in [-0.3, -0.25) is 4.90 Å². The molecule has 1 aliphatic rings. The van der Waals surface area contributed by atoms with Crippen molar-refractivity contribution in [2.45, 2.75) is 18.6 Å². The van der Waals surface area contributed by atoms with Crippen molar-refractivity contribution in [2.24, 2.45) is 0 Å². The number of rotatable bonds is 3. The molecule has 1 aromatic rings. The maximum absolute atomic E-state index is 12.9. The molecule has 0 aromatic carbocycles. The van der Waals surface area contributed by atoms with Crippen molar-refractivity contribution in [3.63, 3.8) is 0 Å². The summed E-state index contributed by atoms with van der Waals surface area (Å²) < 4.78 is 38.8. The Bertz CT molecular complexity index is 505. The molecular formula is C12H13Cl3F3N3. The number of pyridine rings is 1. The maximum Gasteiger partial charge on any atom is 0.390 e. The summed E-state index contributed by atoms with van der Waals surface area (Å²) in [6, 6.07) is -0.965. The molecule has 0 unspecified atom stereocenters. The van der Waals surface area contributed by atoms with Gasteiger partial charge >= 0.3 is 6.18 Å². The monoisotopic (exact) mass is 361 g/mol. The van der Waals surface area contributed by atoms with Gasteiger partial charge in [-0.1, -0.05) is 34.8 Å². The molecule has 21 heavy (non-hydrogen) atoms. The third-order valence-electron chi connectivity index (χ3n) is 3.32. The third kappa shape index (κ3) is 4.36. The number of aromatic nitrogens is 1. The summed E-state index contributed by atoms with van der Waals surface area (Å²) in [5, 5.41) is 3.13. The summed E-state index contributed by atoms with van der Waals surface area (Å²) >= 11 is 17.9. The van der Waals surface area contributed by atoms with Crippen LogP contribution in [-0.2, 0) is 0 Å². The number of halogens is 6. The van der Waals surface area contributed by atoms with Crippen LogP contribution in [0, 0.1) is 0 Å². The Morgan fingerprint density at radius 2 is 1.86 bits per heavy atom. The summed E-state index contributed by atoms with van der Waals surface area (Å²) in [4.78, 5) is 5.47. The van der Waals surface area contributed by atoms with Crippen LogP contribution in [0.4, 0.5) is 13.2 Å². The molecule has 2 heterocycles. The van der Waals surface area contributed by atoms with Crippen LogP contribution in [0.15, 0.2) is 6.20 Å². The molecule has 3 nitrogen and oxygen atoms in total. The van der Waals surface area contributed by atoms with E-state index in [0.717, 1.165) is 0 Å². The lowest BCUT2D eigenvalue weighted by atomic mass is 10.0. The van der Waals surface area contributed by atoms with Crippen LogP contribution < -0.4 is 5.32 Å². The number of alkyl halides is 3. The van der Waals surface area contributed by atoms with Crippen LogP contribution >= 0.6 is 34.8 Å². The molecule has 1 N–H and O–H groups in total. The average molecular weight is 363 g/mol. The van der Waals surface area contributed by atoms with Crippen LogP contribution in [0.5, 0.6) is 0 Å². The first-order chi connectivity index (χ1) is 9.79. The zero-order valence-corrected chi connectivity index (χ0v) is 13.1. The smallest absolute Gasteiger partial charge is 0.314 e. The van der Waals surface area contributed by atoms with Gasteiger partial charge in [0.25, 0.3) is 0 Å². The summed E-state index contributed by atoms with van der Waals surface area (Å²) in [7, 11) is 0. The molecule has 0 bridgehead atoms. The molecule has 0 radical (unpaired) electrons. The lowest BCUT2D eigenvalue weighted by molar-refractivity contribution is -0.148. The van der Waals surface area contributed by atoms with Crippen molar-refractivity contribution in [2.75, 3.05) is 26.2 Å². The lowest BCUT2D eigenvalue weighted by Gasteiger charge is -2.36. The minimum atomic E-state index is -4.34. The van der Waals surface area contributed by atoms with Crippen LogP contribution in [0.1, 0.15) is 18.0 Å². The highest BCUT2D eigenvalue weighted by Crippen LogP contribution is 2.41. The second-order valence-electron chi connectivity index (χ2n) is 4.75. The van der Waals surface area contributed by atoms with Gasteiger partial charge in [0, 0.05) is 44.0 Å². The topological polar surface area (TPSA) is 28.2 Å². The highest BCUT2D eigenvalue weighted by molar-refractivity contribution is 6.43. The van der Waals surface area contributed by atoms with Crippen molar-refractivity contribution < 1.29 is 13.2 Å². The second-order valence-corrected chi connectivity index (χ2v) is 5.89. The number of nitrogens with one attached hydrogen (secondary N) is 1. The van der Waals surface area contributed by atoms with Gasteiger partial charge in [-0.15, -0.1) is 0 Å². The van der Waals surface area contributed by atoms with E-state index in [9.17, 15) is 13.2 Å². The third-order valence-corrected chi connectivity index (χ3v) is 4.38. The SMILES string of the molecule is FC(F)(F)C[C@H](c1c(Cl)cnc(Cl)c1Cl)N1CCNCC1. The first-order valence-electron chi connectivity index (χ1n) is 6.30. The Labute approximate surface area is 135 Å². The van der Waals surface area contributed by atoms with E-state index in [0.29, 0.717) is 26.2 Å². The fourth-order valence-electron chi connectivity index (χ4n) is 2.39. The van der Waals surface area contributed by atoms with Crippen molar-refractivity contribution in [3.05, 3.63) is 27.0 Å². The lowest BCUT2D eigenvalue weighted by Crippen LogP contribution is -2.46. The summed E-state index contributed by atoms with van der Waals surface area (Å²) in [5.74, 6) is 0. The van der Waals surface area contributed by atoms with Crippen molar-refractivity contribution >= 4 is 34.8 Å². The largest absolute Gasteiger partial charge is 0.390 e. The summed E-state index contributed by atoms with van der Waals surface area (Å²) in [5.41, 5.74) is 0.192. The Kier molecular flexibility index (Phi) is 5.59. The molecule has 0 aliphatic carbocycles. The quantitative estimate of drug-likeness (QED) is 0.826. The zero-order valence-electron chi connectivity index (χ0n) is 10.9. The molecule has 9 heteroatoms. The average Bonchev–Trinajstić information content (AvgIpc) is 2.42. The number of piperazine rings is 1. The van der Waals surface area contributed by atoms with E-state index >= 15 is 0 Å². The molecular weight excluding hydrogens is 350 g/mol. The molecule has 1 fully saturated rings. The predicted octanol–water partition coefficient (Wildman–Crippen LogP) is 3.94. The van der Waals surface area contributed by atoms with E-state index in [1.807, 2.05) is 0 Å². The standard InChI is InChI=1S/C12H13Cl3F3N3/c13-7-6-20-11(15)10(14)9(7)8(5-12(16,17)18)21-3-1-19-2-4-21/h6,8,19H,1-5H2/t8-/m1/s1. The van der Waals surface area contributed by atoms with Gasteiger partial charge in [-0.2, -0.15) is 13.2 Å². The molecule has 0 amide bonds. The van der Waals surface area contributed by atoms with E-state index in [1.165, 1.54) is 6.20 Å². The van der Waals surface area contributed by atoms with Gasteiger partial charge in [-0.25, -0.2) is 4.98 Å². The molecule has 1 atom stereocenters. The van der Waals surface area contributed by atoms with Crippen molar-refractivity contribution in [1.29, 1.82) is 0 Å². The second kappa shape index (κ2) is 6.87. The first kappa shape index (κ1) is 17.1. The zero-order chi connectivity index (χ0) is 15.6. The molecule has 0 saturated carbocycles. The molecule has 0 spiro atoms. The number of nitrogens with zero attached hydrogens (tertiary/aromatic N) is 2. The molecule has 118 valence electrons. The van der Waals surface area contributed by atoms with Gasteiger partial charge in [0.15, 0.2) is 0 Å². The van der Waals surface area contributed by atoms with Crippen molar-refractivity contribution in [1.82, 2.24) is 15.2 Å². The van der Waals surface area contributed by atoms with E-state index in [4.69, 9.17) is 34.8 Å². The maximum atomic E-state index is 12.9. The molecule has 1 aliphatic heterocycles. The Morgan fingerprint density at radius 3 is 2.43 bits per heavy atom. The van der Waals surface area contributed by atoms with Crippen LogP contribution in [-0.4, -0.2) is 42.2 Å². The van der Waals surface area contributed by atoms with Gasteiger partial charge in [0.05, 0.1) is 16.5 Å². The van der Waals surface area contributed by atoms with Crippen LogP contribution in [0.2, 0.25) is 15.2 Å². The predicted molar refractivity (Wildman–Crippen MR) is 77.1 cm³/mol. The fraction of sp³-hybridized carbons (Fsp3) is 0.583. The van der Waals surface area contributed by atoms with E-state index in [-0.39, 0.29) is 20.8 Å². The van der Waals surface area contributed by atoms with Crippen LogP contribution in [0.25, 0.3) is 0 Å². The minimum absolute atomic E-state index is 0.0167. The number of hydrogen-bond donors (Lipinski definition) is 1.